The normalized spacial score (nSPS) is 16.4. The summed E-state index contributed by atoms with van der Waals surface area (Å²) in [5, 5.41) is 0. The standard InChI is InChI=1S/C20H18O3S/c1-11(2)17-18(20(22)23-19(17)21)12(3)15-10-16(24-13(15)4)14-8-6-5-7-9-14/h5-10H,1-4H3/b18-12-. The fraction of sp³-hybridized carbons (Fsp3) is 0.200. The predicted molar refractivity (Wildman–Crippen MR) is 96.6 cm³/mol. The van der Waals surface area contributed by atoms with E-state index in [4.69, 9.17) is 4.74 Å². The number of hydrogen-bond acceptors (Lipinski definition) is 4. The molecule has 4 heteroatoms. The number of carbonyl (C=O) groups is 2. The van der Waals surface area contributed by atoms with E-state index in [1.165, 1.54) is 0 Å². The number of carbonyl (C=O) groups excluding carboxylic acids is 2. The summed E-state index contributed by atoms with van der Waals surface area (Å²) in [4.78, 5) is 26.4. The summed E-state index contributed by atoms with van der Waals surface area (Å²) in [6.45, 7) is 7.54. The van der Waals surface area contributed by atoms with Gasteiger partial charge in [0, 0.05) is 9.75 Å². The number of allylic oxidation sites excluding steroid dienone is 2. The molecule has 1 saturated heterocycles. The first-order chi connectivity index (χ1) is 11.4. The second-order valence-corrected chi connectivity index (χ2v) is 7.25. The van der Waals surface area contributed by atoms with Gasteiger partial charge in [0.15, 0.2) is 0 Å². The van der Waals surface area contributed by atoms with Gasteiger partial charge in [-0.1, -0.05) is 35.9 Å². The Hall–Kier alpha value is -2.46. The molecule has 24 heavy (non-hydrogen) atoms. The Balaban J connectivity index is 2.15. The van der Waals surface area contributed by atoms with Gasteiger partial charge >= 0.3 is 11.9 Å². The van der Waals surface area contributed by atoms with Crippen LogP contribution in [0.25, 0.3) is 16.0 Å². The third kappa shape index (κ3) is 2.74. The summed E-state index contributed by atoms with van der Waals surface area (Å²) in [7, 11) is 0. The fourth-order valence-electron chi connectivity index (χ4n) is 2.92. The third-order valence-electron chi connectivity index (χ3n) is 4.10. The molecular formula is C20H18O3S. The second-order valence-electron chi connectivity index (χ2n) is 6.00. The van der Waals surface area contributed by atoms with Crippen molar-refractivity contribution in [2.45, 2.75) is 27.7 Å². The minimum absolute atomic E-state index is 0.389. The number of rotatable bonds is 2. The topological polar surface area (TPSA) is 43.4 Å². The van der Waals surface area contributed by atoms with E-state index in [1.54, 1.807) is 11.3 Å². The van der Waals surface area contributed by atoms with Crippen LogP contribution in [0.1, 0.15) is 31.2 Å². The number of benzene rings is 1. The molecule has 0 aliphatic carbocycles. The van der Waals surface area contributed by atoms with Gasteiger partial charge in [-0.15, -0.1) is 11.3 Å². The second kappa shape index (κ2) is 6.21. The van der Waals surface area contributed by atoms with Crippen LogP contribution in [-0.4, -0.2) is 11.9 Å². The molecule has 1 aromatic carbocycles. The van der Waals surface area contributed by atoms with Crippen molar-refractivity contribution < 1.29 is 14.3 Å². The van der Waals surface area contributed by atoms with Crippen molar-refractivity contribution in [1.29, 1.82) is 0 Å². The minimum Gasteiger partial charge on any atom is -0.386 e. The van der Waals surface area contributed by atoms with Crippen LogP contribution >= 0.6 is 11.3 Å². The predicted octanol–water partition coefficient (Wildman–Crippen LogP) is 4.92. The Morgan fingerprint density at radius 1 is 0.958 bits per heavy atom. The highest BCUT2D eigenvalue weighted by Gasteiger charge is 2.36. The first-order valence-electron chi connectivity index (χ1n) is 7.71. The van der Waals surface area contributed by atoms with Crippen molar-refractivity contribution in [1.82, 2.24) is 0 Å². The van der Waals surface area contributed by atoms with Gasteiger partial charge in [0.05, 0.1) is 11.1 Å². The molecule has 0 spiro atoms. The maximum atomic E-state index is 12.2. The Morgan fingerprint density at radius 2 is 1.58 bits per heavy atom. The van der Waals surface area contributed by atoms with Gasteiger partial charge in [-0.05, 0) is 50.5 Å². The molecule has 2 aromatic rings. The Morgan fingerprint density at radius 3 is 2.21 bits per heavy atom. The van der Waals surface area contributed by atoms with Crippen LogP contribution in [0, 0.1) is 6.92 Å². The fourth-order valence-corrected chi connectivity index (χ4v) is 4.00. The molecule has 1 aromatic heterocycles. The van der Waals surface area contributed by atoms with E-state index < -0.39 is 11.9 Å². The zero-order chi connectivity index (χ0) is 17.4. The largest absolute Gasteiger partial charge is 0.386 e. The zero-order valence-corrected chi connectivity index (χ0v) is 14.9. The average molecular weight is 338 g/mol. The van der Waals surface area contributed by atoms with Crippen LogP contribution in [0.3, 0.4) is 0 Å². The lowest BCUT2D eigenvalue weighted by Crippen LogP contribution is -1.99. The lowest BCUT2D eigenvalue weighted by atomic mass is 9.95. The lowest BCUT2D eigenvalue weighted by molar-refractivity contribution is -0.149. The van der Waals surface area contributed by atoms with Gasteiger partial charge in [0.25, 0.3) is 0 Å². The van der Waals surface area contributed by atoms with Crippen LogP contribution < -0.4 is 0 Å². The highest BCUT2D eigenvalue weighted by atomic mass is 32.1. The van der Waals surface area contributed by atoms with Gasteiger partial charge in [-0.3, -0.25) is 0 Å². The molecule has 0 atom stereocenters. The van der Waals surface area contributed by atoms with E-state index in [1.807, 2.05) is 45.9 Å². The molecular weight excluding hydrogens is 320 g/mol. The SMILES string of the molecule is CC(C)=C1C(=O)OC(=O)/C1=C(/C)c1cc(-c2ccccc2)sc1C. The van der Waals surface area contributed by atoms with E-state index in [9.17, 15) is 9.59 Å². The minimum atomic E-state index is -0.555. The molecule has 0 bridgehead atoms. The first kappa shape index (κ1) is 16.4. The van der Waals surface area contributed by atoms with E-state index in [2.05, 4.69) is 18.2 Å². The van der Waals surface area contributed by atoms with Crippen molar-refractivity contribution in [3.05, 3.63) is 63.6 Å². The monoisotopic (exact) mass is 338 g/mol. The summed E-state index contributed by atoms with van der Waals surface area (Å²) in [6.07, 6.45) is 0. The molecule has 0 unspecified atom stereocenters. The van der Waals surface area contributed by atoms with Crippen LogP contribution in [0.2, 0.25) is 0 Å². The smallest absolute Gasteiger partial charge is 0.347 e. The Kier molecular flexibility index (Phi) is 4.24. The summed E-state index contributed by atoms with van der Waals surface area (Å²) >= 11 is 1.68. The Bertz CT molecular complexity index is 894. The van der Waals surface area contributed by atoms with Crippen molar-refractivity contribution in [2.24, 2.45) is 0 Å². The van der Waals surface area contributed by atoms with Crippen molar-refractivity contribution in [3.8, 4) is 10.4 Å². The van der Waals surface area contributed by atoms with Crippen LogP contribution in [-0.2, 0) is 14.3 Å². The Labute approximate surface area is 145 Å². The molecule has 1 fully saturated rings. The number of cyclic esters (lactones) is 2. The number of hydrogen-bond donors (Lipinski definition) is 0. The highest BCUT2D eigenvalue weighted by Crippen LogP contribution is 2.38. The highest BCUT2D eigenvalue weighted by molar-refractivity contribution is 7.15. The molecule has 0 radical (unpaired) electrons. The summed E-state index contributed by atoms with van der Waals surface area (Å²) in [6, 6.07) is 12.2. The molecule has 3 rings (SSSR count). The number of esters is 2. The van der Waals surface area contributed by atoms with Crippen molar-refractivity contribution in [3.63, 3.8) is 0 Å². The number of thiophene rings is 1. The molecule has 3 nitrogen and oxygen atoms in total. The van der Waals surface area contributed by atoms with Crippen LogP contribution in [0.4, 0.5) is 0 Å². The number of ether oxygens (including phenoxy) is 1. The van der Waals surface area contributed by atoms with Gasteiger partial charge < -0.3 is 4.74 Å². The molecule has 122 valence electrons. The number of aryl methyl sites for hydroxylation is 1. The average Bonchev–Trinajstić information content (AvgIpc) is 3.07. The molecule has 1 aliphatic rings. The maximum absolute atomic E-state index is 12.2. The van der Waals surface area contributed by atoms with Crippen LogP contribution in [0.15, 0.2) is 53.1 Å². The molecule has 0 amide bonds. The first-order valence-corrected chi connectivity index (χ1v) is 8.53. The quantitative estimate of drug-likeness (QED) is 0.443. The van der Waals surface area contributed by atoms with E-state index >= 15 is 0 Å². The van der Waals surface area contributed by atoms with E-state index in [0.29, 0.717) is 11.1 Å². The van der Waals surface area contributed by atoms with Gasteiger partial charge in [0.1, 0.15) is 0 Å². The molecule has 2 heterocycles. The van der Waals surface area contributed by atoms with E-state index in [-0.39, 0.29) is 0 Å². The molecule has 1 aliphatic heterocycles. The van der Waals surface area contributed by atoms with E-state index in [0.717, 1.165) is 32.0 Å². The van der Waals surface area contributed by atoms with Gasteiger partial charge in [-0.2, -0.15) is 0 Å². The van der Waals surface area contributed by atoms with Crippen LogP contribution in [0.5, 0.6) is 0 Å². The summed E-state index contributed by atoms with van der Waals surface area (Å²) < 4.78 is 4.83. The maximum Gasteiger partial charge on any atom is 0.347 e. The summed E-state index contributed by atoms with van der Waals surface area (Å²) in [5.41, 5.74) is 4.49. The van der Waals surface area contributed by atoms with Gasteiger partial charge in [-0.25, -0.2) is 9.59 Å². The zero-order valence-electron chi connectivity index (χ0n) is 14.1. The van der Waals surface area contributed by atoms with Gasteiger partial charge in [0.2, 0.25) is 0 Å². The summed E-state index contributed by atoms with van der Waals surface area (Å²) in [5.74, 6) is -1.11. The van der Waals surface area contributed by atoms with Crippen molar-refractivity contribution in [2.75, 3.05) is 0 Å². The molecule has 0 N–H and O–H groups in total. The third-order valence-corrected chi connectivity index (χ3v) is 5.20. The van der Waals surface area contributed by atoms with Crippen molar-refractivity contribution >= 4 is 28.8 Å². The lowest BCUT2D eigenvalue weighted by Gasteiger charge is -2.05. The molecule has 0 saturated carbocycles.